The van der Waals surface area contributed by atoms with Crippen molar-refractivity contribution in [3.8, 4) is 11.5 Å². The number of amides is 1. The molecule has 2 aromatic rings. The quantitative estimate of drug-likeness (QED) is 0.907. The fourth-order valence-corrected chi connectivity index (χ4v) is 2.22. The lowest BCUT2D eigenvalue weighted by atomic mass is 10.1. The van der Waals surface area contributed by atoms with Crippen molar-refractivity contribution in [3.63, 3.8) is 0 Å². The maximum absolute atomic E-state index is 13.9. The van der Waals surface area contributed by atoms with E-state index in [1.165, 1.54) is 32.4 Å². The number of ether oxygens (including phenoxy) is 2. The summed E-state index contributed by atoms with van der Waals surface area (Å²) in [5.74, 6) is -0.620. The van der Waals surface area contributed by atoms with E-state index in [4.69, 9.17) is 9.47 Å². The Morgan fingerprint density at radius 3 is 2.52 bits per heavy atom. The van der Waals surface area contributed by atoms with E-state index in [0.29, 0.717) is 11.4 Å². The van der Waals surface area contributed by atoms with Crippen LogP contribution in [0, 0.1) is 5.82 Å². The van der Waals surface area contributed by atoms with Crippen molar-refractivity contribution < 1.29 is 18.7 Å². The van der Waals surface area contributed by atoms with Crippen LogP contribution in [0.1, 0.15) is 10.4 Å². The number of methoxy groups -OCH3 is 2. The molecule has 0 fully saturated rings. The molecule has 0 atom stereocenters. The summed E-state index contributed by atoms with van der Waals surface area (Å²) in [4.78, 5) is 12.3. The number of carbonyl (C=O) groups excluding carboxylic acids is 1. The zero-order valence-corrected chi connectivity index (χ0v) is 13.0. The Labute approximate surface area is 130 Å². The second kappa shape index (κ2) is 6.58. The lowest BCUT2D eigenvalue weighted by Crippen LogP contribution is -2.15. The average molecular weight is 354 g/mol. The second-order valence-electron chi connectivity index (χ2n) is 4.12. The molecule has 1 N–H and O–H groups in total. The maximum atomic E-state index is 13.9. The first kappa shape index (κ1) is 15.3. The first-order valence-corrected chi connectivity index (χ1v) is 6.83. The van der Waals surface area contributed by atoms with Crippen molar-refractivity contribution in [2.24, 2.45) is 0 Å². The van der Waals surface area contributed by atoms with E-state index in [9.17, 15) is 9.18 Å². The van der Waals surface area contributed by atoms with Gasteiger partial charge in [0.05, 0.1) is 19.9 Å². The van der Waals surface area contributed by atoms with Crippen LogP contribution in [0.4, 0.5) is 10.1 Å². The molecule has 0 heterocycles. The van der Waals surface area contributed by atoms with Gasteiger partial charge in [-0.25, -0.2) is 4.39 Å². The summed E-state index contributed by atoms with van der Waals surface area (Å²) >= 11 is 3.31. The lowest BCUT2D eigenvalue weighted by Gasteiger charge is -2.13. The summed E-state index contributed by atoms with van der Waals surface area (Å²) in [6.45, 7) is 0. The minimum absolute atomic E-state index is 0.151. The molecule has 0 aliphatic rings. The molecule has 0 saturated carbocycles. The number of nitrogens with one attached hydrogen (secondary N) is 1. The van der Waals surface area contributed by atoms with Gasteiger partial charge in [0.25, 0.3) is 5.91 Å². The third-order valence-corrected chi connectivity index (χ3v) is 3.33. The highest BCUT2D eigenvalue weighted by molar-refractivity contribution is 9.10. The largest absolute Gasteiger partial charge is 0.496 e. The average Bonchev–Trinajstić information content (AvgIpc) is 2.47. The van der Waals surface area contributed by atoms with E-state index < -0.39 is 11.7 Å². The molecule has 0 radical (unpaired) electrons. The number of anilines is 1. The summed E-state index contributed by atoms with van der Waals surface area (Å²) in [6, 6.07) is 9.34. The van der Waals surface area contributed by atoms with Gasteiger partial charge in [-0.1, -0.05) is 22.0 Å². The van der Waals surface area contributed by atoms with Gasteiger partial charge in [-0.05, 0) is 30.3 Å². The smallest absolute Gasteiger partial charge is 0.262 e. The van der Waals surface area contributed by atoms with Crippen molar-refractivity contribution in [2.75, 3.05) is 19.5 Å². The molecule has 1 amide bonds. The fourth-order valence-electron chi connectivity index (χ4n) is 1.86. The van der Waals surface area contributed by atoms with Crippen LogP contribution in [-0.2, 0) is 0 Å². The predicted molar refractivity (Wildman–Crippen MR) is 81.6 cm³/mol. The summed E-state index contributed by atoms with van der Waals surface area (Å²) in [6.07, 6.45) is 0. The highest BCUT2D eigenvalue weighted by Gasteiger charge is 2.19. The van der Waals surface area contributed by atoms with E-state index in [1.54, 1.807) is 18.2 Å². The van der Waals surface area contributed by atoms with Crippen LogP contribution in [0.25, 0.3) is 0 Å². The topological polar surface area (TPSA) is 47.6 Å². The van der Waals surface area contributed by atoms with E-state index >= 15 is 0 Å². The summed E-state index contributed by atoms with van der Waals surface area (Å²) in [5, 5.41) is 2.62. The van der Waals surface area contributed by atoms with Gasteiger partial charge >= 0.3 is 0 Å². The molecule has 6 heteroatoms. The zero-order valence-electron chi connectivity index (χ0n) is 11.4. The van der Waals surface area contributed by atoms with Crippen molar-refractivity contribution in [1.82, 2.24) is 0 Å². The number of hydrogen-bond donors (Lipinski definition) is 1. The number of hydrogen-bond acceptors (Lipinski definition) is 3. The minimum atomic E-state index is -0.652. The Hall–Kier alpha value is -2.08. The predicted octanol–water partition coefficient (Wildman–Crippen LogP) is 3.86. The van der Waals surface area contributed by atoms with Crippen molar-refractivity contribution in [3.05, 3.63) is 52.3 Å². The first-order valence-electron chi connectivity index (χ1n) is 6.04. The Morgan fingerprint density at radius 2 is 1.86 bits per heavy atom. The Bertz CT molecular complexity index is 676. The molecule has 2 rings (SSSR count). The van der Waals surface area contributed by atoms with Crippen molar-refractivity contribution >= 4 is 27.5 Å². The molecule has 0 aliphatic carbocycles. The molecule has 0 spiro atoms. The molecule has 110 valence electrons. The molecular formula is C15H13BrFNO3. The maximum Gasteiger partial charge on any atom is 0.262 e. The molecule has 0 aliphatic heterocycles. The van der Waals surface area contributed by atoms with Crippen LogP contribution >= 0.6 is 15.9 Å². The van der Waals surface area contributed by atoms with Gasteiger partial charge < -0.3 is 14.8 Å². The van der Waals surface area contributed by atoms with Gasteiger partial charge in [-0.15, -0.1) is 0 Å². The number of halogens is 2. The van der Waals surface area contributed by atoms with E-state index in [0.717, 1.165) is 4.47 Å². The van der Waals surface area contributed by atoms with Crippen LogP contribution in [-0.4, -0.2) is 20.1 Å². The highest BCUT2D eigenvalue weighted by atomic mass is 79.9. The molecule has 2 aromatic carbocycles. The summed E-state index contributed by atoms with van der Waals surface area (Å²) < 4.78 is 24.8. The summed E-state index contributed by atoms with van der Waals surface area (Å²) in [5.41, 5.74) is 0.282. The van der Waals surface area contributed by atoms with Gasteiger partial charge in [0.1, 0.15) is 22.9 Å². The van der Waals surface area contributed by atoms with E-state index in [1.807, 2.05) is 0 Å². The lowest BCUT2D eigenvalue weighted by molar-refractivity contribution is 0.101. The van der Waals surface area contributed by atoms with Gasteiger partial charge in [0, 0.05) is 4.47 Å². The van der Waals surface area contributed by atoms with Crippen LogP contribution < -0.4 is 14.8 Å². The van der Waals surface area contributed by atoms with Crippen molar-refractivity contribution in [1.29, 1.82) is 0 Å². The van der Waals surface area contributed by atoms with Gasteiger partial charge in [-0.3, -0.25) is 4.79 Å². The third kappa shape index (κ3) is 3.33. The first-order chi connectivity index (χ1) is 10.1. The Morgan fingerprint density at radius 1 is 1.14 bits per heavy atom. The van der Waals surface area contributed by atoms with Crippen LogP contribution in [0.15, 0.2) is 40.9 Å². The monoisotopic (exact) mass is 353 g/mol. The SMILES string of the molecule is COc1ccc(Br)cc1NC(=O)c1c(F)cccc1OC. The zero-order chi connectivity index (χ0) is 15.4. The number of benzene rings is 2. The Balaban J connectivity index is 2.37. The summed E-state index contributed by atoms with van der Waals surface area (Å²) in [7, 11) is 2.87. The van der Waals surface area contributed by atoms with E-state index in [-0.39, 0.29) is 11.3 Å². The molecule has 0 unspecified atom stereocenters. The minimum Gasteiger partial charge on any atom is -0.496 e. The standard InChI is InChI=1S/C15H13BrFNO3/c1-20-12-7-6-9(16)8-11(12)18-15(19)14-10(17)4-3-5-13(14)21-2/h3-8H,1-2H3,(H,18,19). The molecule has 0 aromatic heterocycles. The van der Waals surface area contributed by atoms with Crippen LogP contribution in [0.3, 0.4) is 0 Å². The highest BCUT2D eigenvalue weighted by Crippen LogP contribution is 2.29. The molecule has 4 nitrogen and oxygen atoms in total. The molecule has 0 saturated heterocycles. The third-order valence-electron chi connectivity index (χ3n) is 2.83. The Kier molecular flexibility index (Phi) is 4.80. The molecule has 21 heavy (non-hydrogen) atoms. The van der Waals surface area contributed by atoms with Crippen LogP contribution in [0.2, 0.25) is 0 Å². The number of carbonyl (C=O) groups is 1. The van der Waals surface area contributed by atoms with Gasteiger partial charge in [0.2, 0.25) is 0 Å². The normalized spacial score (nSPS) is 10.1. The van der Waals surface area contributed by atoms with Gasteiger partial charge in [0.15, 0.2) is 0 Å². The van der Waals surface area contributed by atoms with Gasteiger partial charge in [-0.2, -0.15) is 0 Å². The molecular weight excluding hydrogens is 341 g/mol. The van der Waals surface area contributed by atoms with Crippen LogP contribution in [0.5, 0.6) is 11.5 Å². The van der Waals surface area contributed by atoms with Crippen molar-refractivity contribution in [2.45, 2.75) is 0 Å². The number of rotatable bonds is 4. The van der Waals surface area contributed by atoms with E-state index in [2.05, 4.69) is 21.2 Å². The molecule has 0 bridgehead atoms. The fraction of sp³-hybridized carbons (Fsp3) is 0.133. The second-order valence-corrected chi connectivity index (χ2v) is 5.03.